The number of aldehydes is 1. The lowest BCUT2D eigenvalue weighted by Gasteiger charge is -2.10. The first-order chi connectivity index (χ1) is 11.0. The van der Waals surface area contributed by atoms with Crippen molar-refractivity contribution in [2.75, 3.05) is 11.9 Å². The molecule has 0 saturated heterocycles. The van der Waals surface area contributed by atoms with E-state index in [1.54, 1.807) is 37.3 Å². The van der Waals surface area contributed by atoms with E-state index in [9.17, 15) is 14.4 Å². The average molecular weight is 313 g/mol. The molecule has 0 atom stereocenters. The van der Waals surface area contributed by atoms with Crippen LogP contribution >= 0.6 is 0 Å². The third-order valence-electron chi connectivity index (χ3n) is 3.14. The van der Waals surface area contributed by atoms with Gasteiger partial charge in [-0.3, -0.25) is 9.59 Å². The second-order valence-corrected chi connectivity index (χ2v) is 4.86. The van der Waals surface area contributed by atoms with E-state index in [1.165, 1.54) is 12.1 Å². The zero-order valence-electron chi connectivity index (χ0n) is 12.4. The van der Waals surface area contributed by atoms with Crippen LogP contribution in [0.1, 0.15) is 26.3 Å². The molecule has 1 amide bonds. The smallest absolute Gasteiger partial charge is 0.335 e. The molecule has 6 heteroatoms. The van der Waals surface area contributed by atoms with Crippen LogP contribution in [0.5, 0.6) is 5.75 Å². The second kappa shape index (κ2) is 7.22. The first kappa shape index (κ1) is 16.2. The van der Waals surface area contributed by atoms with E-state index in [2.05, 4.69) is 5.32 Å². The number of anilines is 1. The largest absolute Gasteiger partial charge is 0.484 e. The average Bonchev–Trinajstić information content (AvgIpc) is 2.55. The Hall–Kier alpha value is -3.15. The third-order valence-corrected chi connectivity index (χ3v) is 3.14. The number of hydrogen-bond donors (Lipinski definition) is 2. The fourth-order valence-corrected chi connectivity index (χ4v) is 1.87. The summed E-state index contributed by atoms with van der Waals surface area (Å²) in [4.78, 5) is 33.4. The Kier molecular flexibility index (Phi) is 5.09. The van der Waals surface area contributed by atoms with Crippen LogP contribution in [0.25, 0.3) is 0 Å². The minimum Gasteiger partial charge on any atom is -0.484 e. The van der Waals surface area contributed by atoms with E-state index < -0.39 is 11.9 Å². The van der Waals surface area contributed by atoms with Gasteiger partial charge < -0.3 is 15.2 Å². The maximum Gasteiger partial charge on any atom is 0.335 e. The molecule has 0 aliphatic rings. The van der Waals surface area contributed by atoms with Crippen LogP contribution < -0.4 is 10.1 Å². The Labute approximate surface area is 132 Å². The molecule has 0 heterocycles. The van der Waals surface area contributed by atoms with Crippen LogP contribution in [-0.2, 0) is 4.79 Å². The number of carboxylic acids is 1. The van der Waals surface area contributed by atoms with Gasteiger partial charge in [0.25, 0.3) is 5.91 Å². The highest BCUT2D eigenvalue weighted by Crippen LogP contribution is 2.17. The fourth-order valence-electron chi connectivity index (χ4n) is 1.87. The predicted molar refractivity (Wildman–Crippen MR) is 84.1 cm³/mol. The molecule has 0 aliphatic carbocycles. The van der Waals surface area contributed by atoms with E-state index in [0.717, 1.165) is 5.56 Å². The lowest BCUT2D eigenvalue weighted by molar-refractivity contribution is -0.118. The molecule has 0 fully saturated rings. The zero-order valence-corrected chi connectivity index (χ0v) is 12.4. The van der Waals surface area contributed by atoms with Gasteiger partial charge in [-0.15, -0.1) is 0 Å². The molecule has 6 nitrogen and oxygen atoms in total. The van der Waals surface area contributed by atoms with Crippen molar-refractivity contribution in [1.29, 1.82) is 0 Å². The van der Waals surface area contributed by atoms with E-state index in [-0.39, 0.29) is 12.2 Å². The van der Waals surface area contributed by atoms with Crippen molar-refractivity contribution in [3.8, 4) is 5.75 Å². The molecule has 2 aromatic rings. The normalized spacial score (nSPS) is 9.96. The summed E-state index contributed by atoms with van der Waals surface area (Å²) in [5, 5.41) is 11.6. The molecule has 2 rings (SSSR count). The Morgan fingerprint density at radius 1 is 1.17 bits per heavy atom. The molecule has 0 radical (unpaired) electrons. The predicted octanol–water partition coefficient (Wildman–Crippen LogP) is 2.52. The van der Waals surface area contributed by atoms with Gasteiger partial charge in [-0.2, -0.15) is 0 Å². The first-order valence-corrected chi connectivity index (χ1v) is 6.81. The minimum absolute atomic E-state index is 0.0938. The molecule has 2 N–H and O–H groups in total. The molecular formula is C17H15NO5. The number of carbonyl (C=O) groups is 3. The van der Waals surface area contributed by atoms with Crippen molar-refractivity contribution in [3.63, 3.8) is 0 Å². The maximum atomic E-state index is 11.9. The summed E-state index contributed by atoms with van der Waals surface area (Å²) >= 11 is 0. The van der Waals surface area contributed by atoms with Gasteiger partial charge in [0.15, 0.2) is 6.61 Å². The number of carboxylic acid groups (broad SMARTS) is 1. The molecule has 118 valence electrons. The molecule has 0 spiro atoms. The summed E-state index contributed by atoms with van der Waals surface area (Å²) in [6.07, 6.45) is 0.717. The summed E-state index contributed by atoms with van der Waals surface area (Å²) < 4.78 is 5.31. The molecule has 0 aromatic heterocycles. The van der Waals surface area contributed by atoms with Crippen LogP contribution in [0.3, 0.4) is 0 Å². The molecular weight excluding hydrogens is 298 g/mol. The molecule has 0 unspecified atom stereocenters. The van der Waals surface area contributed by atoms with Crippen LogP contribution in [-0.4, -0.2) is 29.9 Å². The first-order valence-electron chi connectivity index (χ1n) is 6.81. The molecule has 23 heavy (non-hydrogen) atoms. The SMILES string of the molecule is Cc1ccc(C(=O)O)cc1NC(=O)COc1ccc(C=O)cc1. The van der Waals surface area contributed by atoms with E-state index in [4.69, 9.17) is 9.84 Å². The van der Waals surface area contributed by atoms with Gasteiger partial charge in [0.2, 0.25) is 0 Å². The maximum absolute atomic E-state index is 11.9. The van der Waals surface area contributed by atoms with Gasteiger partial charge >= 0.3 is 5.97 Å². The van der Waals surface area contributed by atoms with Crippen LogP contribution in [0.15, 0.2) is 42.5 Å². The van der Waals surface area contributed by atoms with Crippen LogP contribution in [0, 0.1) is 6.92 Å². The Bertz CT molecular complexity index is 737. The summed E-state index contributed by atoms with van der Waals surface area (Å²) in [7, 11) is 0. The summed E-state index contributed by atoms with van der Waals surface area (Å²) in [6.45, 7) is 1.54. The zero-order chi connectivity index (χ0) is 16.8. The van der Waals surface area contributed by atoms with Crippen molar-refractivity contribution in [1.82, 2.24) is 0 Å². The number of ether oxygens (including phenoxy) is 1. The topological polar surface area (TPSA) is 92.7 Å². The number of aryl methyl sites for hydroxylation is 1. The van der Waals surface area contributed by atoms with E-state index in [1.807, 2.05) is 0 Å². The molecule has 0 bridgehead atoms. The molecule has 0 saturated carbocycles. The van der Waals surface area contributed by atoms with Gasteiger partial charge in [0.1, 0.15) is 12.0 Å². The highest BCUT2D eigenvalue weighted by Gasteiger charge is 2.09. The quantitative estimate of drug-likeness (QED) is 0.799. The number of hydrogen-bond acceptors (Lipinski definition) is 4. The van der Waals surface area contributed by atoms with Gasteiger partial charge in [0, 0.05) is 11.3 Å². The van der Waals surface area contributed by atoms with E-state index >= 15 is 0 Å². The Balaban J connectivity index is 1.97. The van der Waals surface area contributed by atoms with Crippen molar-refractivity contribution in [2.45, 2.75) is 6.92 Å². The van der Waals surface area contributed by atoms with E-state index in [0.29, 0.717) is 23.3 Å². The van der Waals surface area contributed by atoms with Gasteiger partial charge in [-0.05, 0) is 48.9 Å². The highest BCUT2D eigenvalue weighted by atomic mass is 16.5. The van der Waals surface area contributed by atoms with Crippen molar-refractivity contribution >= 4 is 23.9 Å². The number of nitrogens with one attached hydrogen (secondary N) is 1. The third kappa shape index (κ3) is 4.41. The van der Waals surface area contributed by atoms with Gasteiger partial charge in [-0.25, -0.2) is 4.79 Å². The highest BCUT2D eigenvalue weighted by molar-refractivity contribution is 5.95. The lowest BCUT2D eigenvalue weighted by atomic mass is 10.1. The number of rotatable bonds is 6. The lowest BCUT2D eigenvalue weighted by Crippen LogP contribution is -2.21. The summed E-state index contributed by atoms with van der Waals surface area (Å²) in [5.74, 6) is -1.01. The van der Waals surface area contributed by atoms with Crippen molar-refractivity contribution < 1.29 is 24.2 Å². The van der Waals surface area contributed by atoms with Crippen molar-refractivity contribution in [2.24, 2.45) is 0 Å². The second-order valence-electron chi connectivity index (χ2n) is 4.86. The van der Waals surface area contributed by atoms with Crippen LogP contribution in [0.2, 0.25) is 0 Å². The summed E-state index contributed by atoms with van der Waals surface area (Å²) in [5.41, 5.74) is 1.78. The van der Waals surface area contributed by atoms with Crippen LogP contribution in [0.4, 0.5) is 5.69 Å². The number of amides is 1. The summed E-state index contributed by atoms with van der Waals surface area (Å²) in [6, 6.07) is 10.8. The fraction of sp³-hybridized carbons (Fsp3) is 0.118. The van der Waals surface area contributed by atoms with Crippen molar-refractivity contribution in [3.05, 3.63) is 59.2 Å². The monoisotopic (exact) mass is 313 g/mol. The molecule has 0 aliphatic heterocycles. The number of aromatic carboxylic acids is 1. The number of benzene rings is 2. The Morgan fingerprint density at radius 2 is 1.87 bits per heavy atom. The standard InChI is InChI=1S/C17H15NO5/c1-11-2-5-13(17(21)22)8-15(11)18-16(20)10-23-14-6-3-12(9-19)4-7-14/h2-9H,10H2,1H3,(H,18,20)(H,21,22). The van der Waals surface area contributed by atoms with Gasteiger partial charge in [-0.1, -0.05) is 6.07 Å². The van der Waals surface area contributed by atoms with Gasteiger partial charge in [0.05, 0.1) is 5.56 Å². The minimum atomic E-state index is -1.06. The number of carbonyl (C=O) groups excluding carboxylic acids is 2. The Morgan fingerprint density at radius 3 is 2.48 bits per heavy atom. The molecule has 2 aromatic carbocycles.